The first-order chi connectivity index (χ1) is 5.37. The third-order valence-corrected chi connectivity index (χ3v) is 1.61. The van der Waals surface area contributed by atoms with E-state index in [1.807, 2.05) is 6.92 Å². The Morgan fingerprint density at radius 2 is 2.00 bits per heavy atom. The van der Waals surface area contributed by atoms with E-state index >= 15 is 0 Å². The van der Waals surface area contributed by atoms with Gasteiger partial charge in [0.15, 0.2) is 0 Å². The molecule has 0 radical (unpaired) electrons. The maximum Gasteiger partial charge on any atom is 0.234 e. The molecule has 0 aliphatic rings. The first-order valence-electron chi connectivity index (χ1n) is 4.39. The first-order valence-corrected chi connectivity index (χ1v) is 4.39. The zero-order valence-corrected chi connectivity index (χ0v) is 8.48. The highest BCUT2D eigenvalue weighted by Gasteiger charge is 2.21. The van der Waals surface area contributed by atoms with Gasteiger partial charge >= 0.3 is 0 Å². The van der Waals surface area contributed by atoms with Crippen molar-refractivity contribution >= 4 is 5.91 Å². The average Bonchev–Trinajstić information content (AvgIpc) is 1.83. The third-order valence-electron chi connectivity index (χ3n) is 1.61. The van der Waals surface area contributed by atoms with Gasteiger partial charge in [0.05, 0.1) is 6.04 Å². The van der Waals surface area contributed by atoms with Crippen LogP contribution < -0.4 is 11.1 Å². The molecule has 0 aromatic heterocycles. The van der Waals surface area contributed by atoms with Gasteiger partial charge in [0.25, 0.3) is 0 Å². The van der Waals surface area contributed by atoms with Gasteiger partial charge in [-0.1, -0.05) is 27.7 Å². The lowest BCUT2D eigenvalue weighted by atomic mass is 9.88. The quantitative estimate of drug-likeness (QED) is 0.661. The largest absolute Gasteiger partial charge is 0.368 e. The van der Waals surface area contributed by atoms with Gasteiger partial charge in [0.2, 0.25) is 5.91 Å². The highest BCUT2D eigenvalue weighted by Crippen LogP contribution is 2.20. The maximum atomic E-state index is 10.9. The Morgan fingerprint density at radius 1 is 1.50 bits per heavy atom. The molecule has 3 nitrogen and oxygen atoms in total. The fourth-order valence-electron chi connectivity index (χ4n) is 1.13. The predicted octanol–water partition coefficient (Wildman–Crippen LogP) is 0.886. The van der Waals surface area contributed by atoms with Crippen LogP contribution in [0.25, 0.3) is 0 Å². The van der Waals surface area contributed by atoms with E-state index in [1.54, 1.807) is 0 Å². The number of nitrogens with one attached hydrogen (secondary N) is 1. The second-order valence-electron chi connectivity index (χ2n) is 4.28. The van der Waals surface area contributed by atoms with Gasteiger partial charge in [-0.3, -0.25) is 4.79 Å². The van der Waals surface area contributed by atoms with Gasteiger partial charge in [-0.2, -0.15) is 0 Å². The van der Waals surface area contributed by atoms with E-state index in [9.17, 15) is 4.79 Å². The molecule has 0 saturated heterocycles. The van der Waals surface area contributed by atoms with Crippen molar-refractivity contribution in [2.75, 3.05) is 6.54 Å². The van der Waals surface area contributed by atoms with Crippen LogP contribution in [-0.2, 0) is 4.79 Å². The minimum absolute atomic E-state index is 0.141. The summed E-state index contributed by atoms with van der Waals surface area (Å²) in [5.74, 6) is -0.258. The number of hydrogen-bond acceptors (Lipinski definition) is 2. The molecule has 0 saturated carbocycles. The smallest absolute Gasteiger partial charge is 0.234 e. The molecule has 1 unspecified atom stereocenters. The van der Waals surface area contributed by atoms with Gasteiger partial charge < -0.3 is 11.1 Å². The van der Waals surface area contributed by atoms with E-state index in [0.717, 1.165) is 13.0 Å². The Labute approximate surface area is 74.7 Å². The van der Waals surface area contributed by atoms with Crippen LogP contribution in [-0.4, -0.2) is 18.5 Å². The summed E-state index contributed by atoms with van der Waals surface area (Å²) < 4.78 is 0. The van der Waals surface area contributed by atoms with Crippen LogP contribution in [0.15, 0.2) is 0 Å². The normalized spacial score (nSPS) is 14.3. The van der Waals surface area contributed by atoms with Crippen molar-refractivity contribution in [2.45, 2.75) is 40.2 Å². The SMILES string of the molecule is CCNC(CC(C)(C)C)C(N)=O. The van der Waals surface area contributed by atoms with Gasteiger partial charge in [-0.15, -0.1) is 0 Å². The summed E-state index contributed by atoms with van der Waals surface area (Å²) in [5, 5.41) is 3.06. The van der Waals surface area contributed by atoms with Crippen LogP contribution in [0.4, 0.5) is 0 Å². The van der Waals surface area contributed by atoms with E-state index in [-0.39, 0.29) is 17.4 Å². The van der Waals surface area contributed by atoms with Crippen molar-refractivity contribution in [1.82, 2.24) is 5.32 Å². The summed E-state index contributed by atoms with van der Waals surface area (Å²) in [7, 11) is 0. The molecule has 3 heteroatoms. The van der Waals surface area contributed by atoms with Crippen LogP contribution in [0.1, 0.15) is 34.1 Å². The zero-order valence-electron chi connectivity index (χ0n) is 8.48. The summed E-state index contributed by atoms with van der Waals surface area (Å²) in [4.78, 5) is 10.9. The van der Waals surface area contributed by atoms with Gasteiger partial charge in [-0.25, -0.2) is 0 Å². The molecule has 0 fully saturated rings. The van der Waals surface area contributed by atoms with E-state index in [1.165, 1.54) is 0 Å². The lowest BCUT2D eigenvalue weighted by molar-refractivity contribution is -0.120. The number of hydrogen-bond donors (Lipinski definition) is 2. The lowest BCUT2D eigenvalue weighted by Crippen LogP contribution is -2.43. The molecule has 0 bridgehead atoms. The van der Waals surface area contributed by atoms with Crippen molar-refractivity contribution in [3.8, 4) is 0 Å². The minimum Gasteiger partial charge on any atom is -0.368 e. The molecule has 0 heterocycles. The fourth-order valence-corrected chi connectivity index (χ4v) is 1.13. The van der Waals surface area contributed by atoms with Crippen LogP contribution in [0.2, 0.25) is 0 Å². The molecule has 12 heavy (non-hydrogen) atoms. The predicted molar refractivity (Wildman–Crippen MR) is 50.7 cm³/mol. The van der Waals surface area contributed by atoms with E-state index in [2.05, 4.69) is 26.1 Å². The number of rotatable bonds is 4. The number of carbonyl (C=O) groups is 1. The molecule has 0 aliphatic heterocycles. The topological polar surface area (TPSA) is 55.1 Å². The minimum atomic E-state index is -0.258. The molecule has 0 spiro atoms. The third kappa shape index (κ3) is 5.13. The van der Waals surface area contributed by atoms with E-state index in [0.29, 0.717) is 0 Å². The summed E-state index contributed by atoms with van der Waals surface area (Å²) in [6.07, 6.45) is 0.788. The highest BCUT2D eigenvalue weighted by atomic mass is 16.1. The average molecular weight is 172 g/mol. The summed E-state index contributed by atoms with van der Waals surface area (Å²) in [5.41, 5.74) is 5.37. The number of primary amides is 1. The van der Waals surface area contributed by atoms with Crippen molar-refractivity contribution in [3.05, 3.63) is 0 Å². The molecule has 72 valence electrons. The zero-order chi connectivity index (χ0) is 9.78. The second kappa shape index (κ2) is 4.45. The molecular weight excluding hydrogens is 152 g/mol. The molecule has 1 amide bonds. The van der Waals surface area contributed by atoms with Crippen LogP contribution in [0.5, 0.6) is 0 Å². The second-order valence-corrected chi connectivity index (χ2v) is 4.28. The molecule has 0 aliphatic carbocycles. The summed E-state index contributed by atoms with van der Waals surface area (Å²) >= 11 is 0. The standard InChI is InChI=1S/C9H20N2O/c1-5-11-7(8(10)12)6-9(2,3)4/h7,11H,5-6H2,1-4H3,(H2,10,12). The molecule has 0 rings (SSSR count). The first kappa shape index (κ1) is 11.4. The summed E-state index contributed by atoms with van der Waals surface area (Å²) in [6, 6.07) is -0.185. The number of amides is 1. The van der Waals surface area contributed by atoms with Crippen molar-refractivity contribution in [2.24, 2.45) is 11.1 Å². The van der Waals surface area contributed by atoms with Crippen molar-refractivity contribution in [1.29, 1.82) is 0 Å². The number of carbonyl (C=O) groups excluding carboxylic acids is 1. The number of likely N-dealkylation sites (N-methyl/N-ethyl adjacent to an activating group) is 1. The van der Waals surface area contributed by atoms with Gasteiger partial charge in [-0.05, 0) is 18.4 Å². The van der Waals surface area contributed by atoms with E-state index < -0.39 is 0 Å². The van der Waals surface area contributed by atoms with Crippen LogP contribution in [0.3, 0.4) is 0 Å². The molecular formula is C9H20N2O. The Hall–Kier alpha value is -0.570. The van der Waals surface area contributed by atoms with Gasteiger partial charge in [0, 0.05) is 0 Å². The van der Waals surface area contributed by atoms with Crippen molar-refractivity contribution in [3.63, 3.8) is 0 Å². The maximum absolute atomic E-state index is 10.9. The molecule has 0 aromatic carbocycles. The Kier molecular flexibility index (Phi) is 4.24. The summed E-state index contributed by atoms with van der Waals surface area (Å²) in [6.45, 7) is 9.04. The van der Waals surface area contributed by atoms with Gasteiger partial charge in [0.1, 0.15) is 0 Å². The fraction of sp³-hybridized carbons (Fsp3) is 0.889. The Balaban J connectivity index is 4.05. The van der Waals surface area contributed by atoms with E-state index in [4.69, 9.17) is 5.73 Å². The lowest BCUT2D eigenvalue weighted by Gasteiger charge is -2.24. The molecule has 3 N–H and O–H groups in total. The highest BCUT2D eigenvalue weighted by molar-refractivity contribution is 5.79. The Morgan fingerprint density at radius 3 is 2.25 bits per heavy atom. The Bertz CT molecular complexity index is 149. The van der Waals surface area contributed by atoms with Crippen molar-refractivity contribution < 1.29 is 4.79 Å². The molecule has 0 aromatic rings. The number of nitrogens with two attached hydrogens (primary N) is 1. The van der Waals surface area contributed by atoms with Crippen LogP contribution in [0, 0.1) is 5.41 Å². The van der Waals surface area contributed by atoms with Crippen LogP contribution >= 0.6 is 0 Å². The monoisotopic (exact) mass is 172 g/mol. The molecule has 1 atom stereocenters.